The molecule has 0 saturated heterocycles. The molecule has 0 radical (unpaired) electrons. The number of hydrogen-bond donors (Lipinski definition) is 0. The second-order valence-corrected chi connectivity index (χ2v) is 5.10. The van der Waals surface area contributed by atoms with Crippen molar-refractivity contribution in [2.24, 2.45) is 0 Å². The maximum absolute atomic E-state index is 4.57. The fourth-order valence-electron chi connectivity index (χ4n) is 1.74. The lowest BCUT2D eigenvalue weighted by atomic mass is 10.1. The number of aryl methyl sites for hydroxylation is 3. The molecule has 0 atom stereocenters. The highest BCUT2D eigenvalue weighted by atomic mass is 32.1. The van der Waals surface area contributed by atoms with Crippen LogP contribution < -0.4 is 0 Å². The van der Waals surface area contributed by atoms with E-state index in [1.54, 1.807) is 11.3 Å². The normalized spacial score (nSPS) is 10.6. The van der Waals surface area contributed by atoms with Crippen molar-refractivity contribution < 1.29 is 0 Å². The van der Waals surface area contributed by atoms with E-state index in [0.29, 0.717) is 0 Å². The van der Waals surface area contributed by atoms with Crippen LogP contribution in [0.1, 0.15) is 22.4 Å². The monoisotopic (exact) mass is 217 g/mol. The average Bonchev–Trinajstić information content (AvgIpc) is 2.58. The van der Waals surface area contributed by atoms with E-state index >= 15 is 0 Å². The van der Waals surface area contributed by atoms with Gasteiger partial charge in [-0.2, -0.15) is 0 Å². The minimum absolute atomic E-state index is 1.08. The van der Waals surface area contributed by atoms with Crippen LogP contribution in [0, 0.1) is 13.8 Å². The molecule has 2 rings (SSSR count). The van der Waals surface area contributed by atoms with Gasteiger partial charge in [-0.3, -0.25) is 0 Å². The second kappa shape index (κ2) is 4.15. The van der Waals surface area contributed by atoms with Gasteiger partial charge in [-0.25, -0.2) is 4.98 Å². The summed E-state index contributed by atoms with van der Waals surface area (Å²) in [4.78, 5) is 5.88. The lowest BCUT2D eigenvalue weighted by molar-refractivity contribution is 1.14. The predicted octanol–water partition coefficient (Wildman–Crippen LogP) is 3.99. The van der Waals surface area contributed by atoms with Crippen LogP contribution in [0.4, 0.5) is 0 Å². The molecular formula is C13H15NS. The first-order valence-electron chi connectivity index (χ1n) is 5.24. The molecule has 2 aromatic rings. The fourth-order valence-corrected chi connectivity index (χ4v) is 2.58. The van der Waals surface area contributed by atoms with E-state index in [1.807, 2.05) is 0 Å². The van der Waals surface area contributed by atoms with Crippen molar-refractivity contribution in [1.82, 2.24) is 4.98 Å². The van der Waals surface area contributed by atoms with Gasteiger partial charge >= 0.3 is 0 Å². The van der Waals surface area contributed by atoms with Gasteiger partial charge in [0.05, 0.1) is 10.7 Å². The number of benzene rings is 1. The Kier molecular flexibility index (Phi) is 2.87. The number of aromatic nitrogens is 1. The van der Waals surface area contributed by atoms with Crippen molar-refractivity contribution in [2.75, 3.05) is 0 Å². The number of rotatable bonds is 2. The summed E-state index contributed by atoms with van der Waals surface area (Å²) in [5, 5.41) is 1.14. The third kappa shape index (κ3) is 2.10. The van der Waals surface area contributed by atoms with Crippen molar-refractivity contribution >= 4 is 11.3 Å². The third-order valence-electron chi connectivity index (χ3n) is 2.51. The largest absolute Gasteiger partial charge is 0.241 e. The molecule has 2 heteroatoms. The number of hydrogen-bond acceptors (Lipinski definition) is 2. The smallest absolute Gasteiger partial charge is 0.0904 e. The van der Waals surface area contributed by atoms with Crippen LogP contribution in [0.15, 0.2) is 24.3 Å². The standard InChI is InChI=1S/C13H15NS/c1-4-11-6-5-7-12(8-11)13-9(2)15-10(3)14-13/h5-8H,4H2,1-3H3. The number of nitrogens with zero attached hydrogens (tertiary/aromatic N) is 1. The molecule has 78 valence electrons. The summed E-state index contributed by atoms with van der Waals surface area (Å²) in [5.41, 5.74) is 3.77. The Morgan fingerprint density at radius 3 is 2.67 bits per heavy atom. The SMILES string of the molecule is CCc1cccc(-c2nc(C)sc2C)c1. The van der Waals surface area contributed by atoms with Crippen LogP contribution >= 0.6 is 11.3 Å². The van der Waals surface area contributed by atoms with Crippen molar-refractivity contribution in [2.45, 2.75) is 27.2 Å². The minimum atomic E-state index is 1.08. The van der Waals surface area contributed by atoms with Crippen LogP contribution in [0.2, 0.25) is 0 Å². The van der Waals surface area contributed by atoms with Gasteiger partial charge in [-0.15, -0.1) is 11.3 Å². The molecule has 0 saturated carbocycles. The van der Waals surface area contributed by atoms with Crippen molar-refractivity contribution in [3.63, 3.8) is 0 Å². The van der Waals surface area contributed by atoms with Gasteiger partial charge in [-0.1, -0.05) is 25.1 Å². The van der Waals surface area contributed by atoms with Crippen LogP contribution in [-0.2, 0) is 6.42 Å². The Labute approximate surface area is 94.8 Å². The fraction of sp³-hybridized carbons (Fsp3) is 0.308. The predicted molar refractivity (Wildman–Crippen MR) is 66.4 cm³/mol. The van der Waals surface area contributed by atoms with Gasteiger partial charge in [0, 0.05) is 10.4 Å². The molecule has 0 aliphatic rings. The van der Waals surface area contributed by atoms with Crippen molar-refractivity contribution in [1.29, 1.82) is 0 Å². The van der Waals surface area contributed by atoms with Gasteiger partial charge < -0.3 is 0 Å². The van der Waals surface area contributed by atoms with E-state index in [1.165, 1.54) is 16.0 Å². The molecule has 0 aliphatic carbocycles. The molecular weight excluding hydrogens is 202 g/mol. The van der Waals surface area contributed by atoms with E-state index in [-0.39, 0.29) is 0 Å². The Balaban J connectivity index is 2.49. The van der Waals surface area contributed by atoms with E-state index < -0.39 is 0 Å². The molecule has 1 heterocycles. The summed E-state index contributed by atoms with van der Waals surface area (Å²) >= 11 is 1.77. The summed E-state index contributed by atoms with van der Waals surface area (Å²) in [6.07, 6.45) is 1.08. The Morgan fingerprint density at radius 2 is 2.07 bits per heavy atom. The van der Waals surface area contributed by atoms with E-state index in [2.05, 4.69) is 50.0 Å². The maximum atomic E-state index is 4.57. The summed E-state index contributed by atoms with van der Waals surface area (Å²) in [7, 11) is 0. The zero-order valence-electron chi connectivity index (χ0n) is 9.37. The molecule has 1 aromatic carbocycles. The Morgan fingerprint density at radius 1 is 1.27 bits per heavy atom. The van der Waals surface area contributed by atoms with Gasteiger partial charge in [0.25, 0.3) is 0 Å². The molecule has 0 amide bonds. The number of thiazole rings is 1. The van der Waals surface area contributed by atoms with Gasteiger partial charge in [0.1, 0.15) is 0 Å². The van der Waals surface area contributed by atoms with Crippen molar-refractivity contribution in [3.8, 4) is 11.3 Å². The van der Waals surface area contributed by atoms with E-state index in [4.69, 9.17) is 0 Å². The Bertz CT molecular complexity index is 471. The van der Waals surface area contributed by atoms with Crippen LogP contribution in [0.3, 0.4) is 0 Å². The molecule has 15 heavy (non-hydrogen) atoms. The highest BCUT2D eigenvalue weighted by molar-refractivity contribution is 7.11. The quantitative estimate of drug-likeness (QED) is 0.741. The molecule has 0 fully saturated rings. The molecule has 0 unspecified atom stereocenters. The van der Waals surface area contributed by atoms with E-state index in [0.717, 1.165) is 17.1 Å². The first kappa shape index (κ1) is 10.4. The first-order chi connectivity index (χ1) is 7.20. The highest BCUT2D eigenvalue weighted by Crippen LogP contribution is 2.27. The minimum Gasteiger partial charge on any atom is -0.241 e. The van der Waals surface area contributed by atoms with Gasteiger partial charge in [-0.05, 0) is 31.9 Å². The summed E-state index contributed by atoms with van der Waals surface area (Å²) in [6, 6.07) is 8.66. The summed E-state index contributed by atoms with van der Waals surface area (Å²) in [5.74, 6) is 0. The topological polar surface area (TPSA) is 12.9 Å². The third-order valence-corrected chi connectivity index (χ3v) is 3.40. The van der Waals surface area contributed by atoms with Crippen LogP contribution in [0.5, 0.6) is 0 Å². The summed E-state index contributed by atoms with van der Waals surface area (Å²) in [6.45, 7) is 6.38. The van der Waals surface area contributed by atoms with Crippen LogP contribution in [-0.4, -0.2) is 4.98 Å². The maximum Gasteiger partial charge on any atom is 0.0904 e. The molecule has 1 nitrogen and oxygen atoms in total. The lowest BCUT2D eigenvalue weighted by Gasteiger charge is -2.01. The average molecular weight is 217 g/mol. The Hall–Kier alpha value is -1.15. The zero-order chi connectivity index (χ0) is 10.8. The van der Waals surface area contributed by atoms with E-state index in [9.17, 15) is 0 Å². The second-order valence-electron chi connectivity index (χ2n) is 3.69. The lowest BCUT2D eigenvalue weighted by Crippen LogP contribution is -1.84. The van der Waals surface area contributed by atoms with Gasteiger partial charge in [0.2, 0.25) is 0 Å². The summed E-state index contributed by atoms with van der Waals surface area (Å²) < 4.78 is 0. The highest BCUT2D eigenvalue weighted by Gasteiger charge is 2.07. The molecule has 1 aromatic heterocycles. The molecule has 0 aliphatic heterocycles. The van der Waals surface area contributed by atoms with Crippen LogP contribution in [0.25, 0.3) is 11.3 Å². The zero-order valence-corrected chi connectivity index (χ0v) is 10.2. The molecule has 0 N–H and O–H groups in total. The molecule has 0 bridgehead atoms. The molecule has 0 spiro atoms. The van der Waals surface area contributed by atoms with Gasteiger partial charge in [0.15, 0.2) is 0 Å². The first-order valence-corrected chi connectivity index (χ1v) is 6.05. The van der Waals surface area contributed by atoms with Crippen molar-refractivity contribution in [3.05, 3.63) is 39.7 Å².